The molecule has 0 spiro atoms. The summed E-state index contributed by atoms with van der Waals surface area (Å²) in [5.41, 5.74) is 0. The van der Waals surface area contributed by atoms with Crippen molar-refractivity contribution in [2.45, 2.75) is 19.8 Å². The van der Waals surface area contributed by atoms with Crippen LogP contribution in [0.1, 0.15) is 19.8 Å². The Hall–Kier alpha value is -1.10. The van der Waals surface area contributed by atoms with Crippen LogP contribution in [0.25, 0.3) is 0 Å². The number of hydrogen-bond acceptors (Lipinski definition) is 3. The van der Waals surface area contributed by atoms with Crippen LogP contribution in [0.5, 0.6) is 0 Å². The number of piperidine rings is 1. The lowest BCUT2D eigenvalue weighted by molar-refractivity contribution is -0.143. The summed E-state index contributed by atoms with van der Waals surface area (Å²) >= 11 is 0. The average Bonchev–Trinajstić information content (AvgIpc) is 2.39. The molecule has 0 aromatic carbocycles. The van der Waals surface area contributed by atoms with Gasteiger partial charge in [0.15, 0.2) is 0 Å². The first kappa shape index (κ1) is 12.4. The largest absolute Gasteiger partial charge is 0.378 e. The predicted octanol–water partition coefficient (Wildman–Crippen LogP) is 0.104. The third-order valence-corrected chi connectivity index (χ3v) is 3.54. The quantitative estimate of drug-likeness (QED) is 0.653. The maximum Gasteiger partial charge on any atom is 0.227 e. The number of likely N-dealkylation sites (tertiary alicyclic amines) is 1. The van der Waals surface area contributed by atoms with Crippen LogP contribution in [0, 0.1) is 5.92 Å². The minimum absolute atomic E-state index is 0.00856. The van der Waals surface area contributed by atoms with E-state index >= 15 is 0 Å². The SMILES string of the molecule is CC(=O)N1CCC[C@@H](C(=O)N2CCOCC2)C1. The molecule has 0 aromatic rings. The standard InChI is InChI=1S/C12H20N2O3/c1-10(15)14-4-2-3-11(9-14)12(16)13-5-7-17-8-6-13/h11H,2-9H2,1H3/t11-/m1/s1. The number of nitrogens with zero attached hydrogens (tertiary/aromatic N) is 2. The summed E-state index contributed by atoms with van der Waals surface area (Å²) in [6.45, 7) is 5.60. The van der Waals surface area contributed by atoms with Gasteiger partial charge in [-0.05, 0) is 12.8 Å². The van der Waals surface area contributed by atoms with Crippen molar-refractivity contribution in [3.8, 4) is 0 Å². The van der Waals surface area contributed by atoms with Crippen molar-refractivity contribution >= 4 is 11.8 Å². The van der Waals surface area contributed by atoms with Crippen molar-refractivity contribution in [3.63, 3.8) is 0 Å². The fourth-order valence-corrected chi connectivity index (χ4v) is 2.51. The average molecular weight is 240 g/mol. The van der Waals surface area contributed by atoms with Gasteiger partial charge >= 0.3 is 0 Å². The van der Waals surface area contributed by atoms with Gasteiger partial charge in [0.05, 0.1) is 19.1 Å². The molecule has 0 aliphatic carbocycles. The third-order valence-electron chi connectivity index (χ3n) is 3.54. The Kier molecular flexibility index (Phi) is 3.99. The van der Waals surface area contributed by atoms with E-state index in [1.165, 1.54) is 0 Å². The summed E-state index contributed by atoms with van der Waals surface area (Å²) in [5, 5.41) is 0. The van der Waals surface area contributed by atoms with Gasteiger partial charge in [0, 0.05) is 33.1 Å². The second-order valence-electron chi connectivity index (χ2n) is 4.74. The molecule has 2 heterocycles. The molecule has 2 aliphatic heterocycles. The fourth-order valence-electron chi connectivity index (χ4n) is 2.51. The third kappa shape index (κ3) is 2.97. The van der Waals surface area contributed by atoms with Gasteiger partial charge in [0.1, 0.15) is 0 Å². The van der Waals surface area contributed by atoms with Gasteiger partial charge in [-0.1, -0.05) is 0 Å². The summed E-state index contributed by atoms with van der Waals surface area (Å²) in [7, 11) is 0. The first-order valence-electron chi connectivity index (χ1n) is 6.30. The summed E-state index contributed by atoms with van der Waals surface area (Å²) in [6.07, 6.45) is 1.83. The van der Waals surface area contributed by atoms with Gasteiger partial charge in [-0.3, -0.25) is 9.59 Å². The van der Waals surface area contributed by atoms with Crippen molar-refractivity contribution in [1.82, 2.24) is 9.80 Å². The predicted molar refractivity (Wildman–Crippen MR) is 62.4 cm³/mol. The first-order valence-corrected chi connectivity index (χ1v) is 6.30. The highest BCUT2D eigenvalue weighted by atomic mass is 16.5. The summed E-state index contributed by atoms with van der Waals surface area (Å²) in [4.78, 5) is 27.2. The molecule has 17 heavy (non-hydrogen) atoms. The molecule has 0 N–H and O–H groups in total. The Balaban J connectivity index is 1.91. The molecule has 2 saturated heterocycles. The van der Waals surface area contributed by atoms with Gasteiger partial charge in [-0.2, -0.15) is 0 Å². The van der Waals surface area contributed by atoms with E-state index in [-0.39, 0.29) is 17.7 Å². The van der Waals surface area contributed by atoms with Crippen LogP contribution < -0.4 is 0 Å². The number of carbonyl (C=O) groups excluding carboxylic acids is 2. The Morgan fingerprint density at radius 1 is 1.12 bits per heavy atom. The lowest BCUT2D eigenvalue weighted by Crippen LogP contribution is -2.49. The molecule has 0 bridgehead atoms. The summed E-state index contributed by atoms with van der Waals surface area (Å²) in [6, 6.07) is 0. The monoisotopic (exact) mass is 240 g/mol. The number of amides is 2. The smallest absolute Gasteiger partial charge is 0.227 e. The molecular formula is C12H20N2O3. The minimum Gasteiger partial charge on any atom is -0.378 e. The van der Waals surface area contributed by atoms with E-state index in [1.807, 2.05) is 4.90 Å². The maximum absolute atomic E-state index is 12.3. The van der Waals surface area contributed by atoms with E-state index in [0.29, 0.717) is 32.8 Å². The minimum atomic E-state index is -0.00856. The van der Waals surface area contributed by atoms with Crippen molar-refractivity contribution in [1.29, 1.82) is 0 Å². The topological polar surface area (TPSA) is 49.9 Å². The van der Waals surface area contributed by atoms with Crippen LogP contribution in [0.3, 0.4) is 0 Å². The number of hydrogen-bond donors (Lipinski definition) is 0. The number of morpholine rings is 1. The van der Waals surface area contributed by atoms with E-state index < -0.39 is 0 Å². The normalized spacial score (nSPS) is 25.8. The van der Waals surface area contributed by atoms with Gasteiger partial charge in [-0.15, -0.1) is 0 Å². The zero-order chi connectivity index (χ0) is 12.3. The van der Waals surface area contributed by atoms with Crippen molar-refractivity contribution in [2.24, 2.45) is 5.92 Å². The Bertz CT molecular complexity index is 300. The van der Waals surface area contributed by atoms with Gasteiger partial charge < -0.3 is 14.5 Å². The van der Waals surface area contributed by atoms with E-state index in [0.717, 1.165) is 19.4 Å². The molecule has 5 heteroatoms. The molecule has 2 amide bonds. The zero-order valence-electron chi connectivity index (χ0n) is 10.4. The van der Waals surface area contributed by atoms with Gasteiger partial charge in [-0.25, -0.2) is 0 Å². The maximum atomic E-state index is 12.3. The molecule has 0 saturated carbocycles. The molecule has 5 nitrogen and oxygen atoms in total. The Morgan fingerprint density at radius 3 is 2.47 bits per heavy atom. The zero-order valence-corrected chi connectivity index (χ0v) is 10.4. The van der Waals surface area contributed by atoms with Crippen LogP contribution in [-0.4, -0.2) is 61.0 Å². The Labute approximate surface area is 102 Å². The number of ether oxygens (including phenoxy) is 1. The molecular weight excluding hydrogens is 220 g/mol. The second kappa shape index (κ2) is 5.49. The summed E-state index contributed by atoms with van der Waals surface area (Å²) in [5.74, 6) is 0.259. The van der Waals surface area contributed by atoms with E-state index in [2.05, 4.69) is 0 Å². The van der Waals surface area contributed by atoms with Crippen molar-refractivity contribution < 1.29 is 14.3 Å². The van der Waals surface area contributed by atoms with Crippen molar-refractivity contribution in [2.75, 3.05) is 39.4 Å². The molecule has 96 valence electrons. The number of carbonyl (C=O) groups is 2. The van der Waals surface area contributed by atoms with E-state index in [9.17, 15) is 9.59 Å². The Morgan fingerprint density at radius 2 is 1.82 bits per heavy atom. The van der Waals surface area contributed by atoms with E-state index in [1.54, 1.807) is 11.8 Å². The van der Waals surface area contributed by atoms with Crippen LogP contribution in [0.2, 0.25) is 0 Å². The molecule has 2 rings (SSSR count). The summed E-state index contributed by atoms with van der Waals surface area (Å²) < 4.78 is 5.24. The highest BCUT2D eigenvalue weighted by molar-refractivity contribution is 5.80. The first-order chi connectivity index (χ1) is 8.18. The lowest BCUT2D eigenvalue weighted by atomic mass is 9.96. The van der Waals surface area contributed by atoms with Gasteiger partial charge in [0.25, 0.3) is 0 Å². The van der Waals surface area contributed by atoms with Gasteiger partial charge in [0.2, 0.25) is 11.8 Å². The lowest BCUT2D eigenvalue weighted by Gasteiger charge is -2.35. The van der Waals surface area contributed by atoms with E-state index in [4.69, 9.17) is 4.74 Å². The van der Waals surface area contributed by atoms with Crippen LogP contribution in [0.4, 0.5) is 0 Å². The molecule has 1 atom stereocenters. The molecule has 0 unspecified atom stereocenters. The van der Waals surface area contributed by atoms with Crippen molar-refractivity contribution in [3.05, 3.63) is 0 Å². The fraction of sp³-hybridized carbons (Fsp3) is 0.833. The molecule has 2 aliphatic rings. The highest BCUT2D eigenvalue weighted by Gasteiger charge is 2.30. The molecule has 0 aromatic heterocycles. The van der Waals surface area contributed by atoms with Crippen LogP contribution in [-0.2, 0) is 14.3 Å². The number of rotatable bonds is 1. The highest BCUT2D eigenvalue weighted by Crippen LogP contribution is 2.19. The van der Waals surface area contributed by atoms with Crippen LogP contribution >= 0.6 is 0 Å². The van der Waals surface area contributed by atoms with Crippen LogP contribution in [0.15, 0.2) is 0 Å². The molecule has 0 radical (unpaired) electrons. The molecule has 2 fully saturated rings. The second-order valence-corrected chi connectivity index (χ2v) is 4.74.